The lowest BCUT2D eigenvalue weighted by Crippen LogP contribution is -2.32. The Hall–Kier alpha value is -4.33. The van der Waals surface area contributed by atoms with Gasteiger partial charge >= 0.3 is 0 Å². The zero-order valence-corrected chi connectivity index (χ0v) is 19.2. The van der Waals surface area contributed by atoms with E-state index in [1.165, 1.54) is 19.1 Å². The molecule has 8 heteroatoms. The number of aromatic nitrogens is 1. The van der Waals surface area contributed by atoms with Crippen LogP contribution in [0.1, 0.15) is 18.1 Å². The summed E-state index contributed by atoms with van der Waals surface area (Å²) in [5, 5.41) is 3.15. The molecule has 2 aromatic carbocycles. The highest BCUT2D eigenvalue weighted by Gasteiger charge is 2.39. The van der Waals surface area contributed by atoms with E-state index in [1.54, 1.807) is 60.9 Å². The fraction of sp³-hybridized carbons (Fsp3) is 0.192. The maximum atomic E-state index is 13.5. The van der Waals surface area contributed by atoms with Crippen molar-refractivity contribution in [2.75, 3.05) is 26.1 Å². The smallest absolute Gasteiger partial charge is 0.278 e. The van der Waals surface area contributed by atoms with Crippen LogP contribution in [0.25, 0.3) is 5.57 Å². The summed E-state index contributed by atoms with van der Waals surface area (Å²) in [6.45, 7) is 2.57. The van der Waals surface area contributed by atoms with Gasteiger partial charge in [0.05, 0.1) is 32.9 Å². The molecule has 2 amide bonds. The van der Waals surface area contributed by atoms with Gasteiger partial charge in [0.15, 0.2) is 11.5 Å². The average Bonchev–Trinajstić information content (AvgIpc) is 3.09. The summed E-state index contributed by atoms with van der Waals surface area (Å²) in [4.78, 5) is 32.2. The van der Waals surface area contributed by atoms with Gasteiger partial charge in [0.1, 0.15) is 11.4 Å². The lowest BCUT2D eigenvalue weighted by molar-refractivity contribution is -0.137. The summed E-state index contributed by atoms with van der Waals surface area (Å²) in [5.74, 6) is 0.868. The molecule has 1 aliphatic heterocycles. The van der Waals surface area contributed by atoms with E-state index < -0.39 is 11.8 Å². The molecule has 0 radical (unpaired) electrons. The first kappa shape index (κ1) is 22.8. The lowest BCUT2D eigenvalue weighted by atomic mass is 10.0. The monoisotopic (exact) mass is 459 g/mol. The van der Waals surface area contributed by atoms with Gasteiger partial charge in [-0.25, -0.2) is 0 Å². The number of anilines is 1. The maximum Gasteiger partial charge on any atom is 0.278 e. The number of carbonyl (C=O) groups is 2. The number of nitrogens with zero attached hydrogens (tertiary/aromatic N) is 2. The molecule has 0 fully saturated rings. The quantitative estimate of drug-likeness (QED) is 0.486. The molecule has 1 N–H and O–H groups in total. The highest BCUT2D eigenvalue weighted by Crippen LogP contribution is 2.36. The van der Waals surface area contributed by atoms with Crippen LogP contribution in [0.5, 0.6) is 17.2 Å². The van der Waals surface area contributed by atoms with Crippen LogP contribution < -0.4 is 19.5 Å². The Labute approximate surface area is 197 Å². The Morgan fingerprint density at radius 1 is 0.941 bits per heavy atom. The van der Waals surface area contributed by atoms with Crippen LogP contribution in [0.4, 0.5) is 5.69 Å². The Morgan fingerprint density at radius 2 is 1.71 bits per heavy atom. The van der Waals surface area contributed by atoms with Crippen LogP contribution in [-0.4, -0.2) is 42.5 Å². The zero-order chi connectivity index (χ0) is 24.1. The SMILES string of the molecule is CCOc1ccc(NC2=C(c3ccc(OC)c(OC)c3)C(=O)N(Cc3cccnc3)C2=O)cc1. The van der Waals surface area contributed by atoms with Gasteiger partial charge in [-0.1, -0.05) is 12.1 Å². The minimum atomic E-state index is -0.424. The predicted octanol–water partition coefficient (Wildman–Crippen LogP) is 3.89. The molecule has 4 rings (SSSR count). The largest absolute Gasteiger partial charge is 0.494 e. The third-order valence-electron chi connectivity index (χ3n) is 5.34. The average molecular weight is 460 g/mol. The van der Waals surface area contributed by atoms with Crippen molar-refractivity contribution in [1.29, 1.82) is 0 Å². The summed E-state index contributed by atoms with van der Waals surface area (Å²) >= 11 is 0. The molecule has 0 unspecified atom stereocenters. The highest BCUT2D eigenvalue weighted by molar-refractivity contribution is 6.36. The second-order valence-electron chi connectivity index (χ2n) is 7.46. The normalized spacial score (nSPS) is 13.3. The van der Waals surface area contributed by atoms with E-state index in [0.29, 0.717) is 35.1 Å². The number of nitrogens with one attached hydrogen (secondary N) is 1. The fourth-order valence-corrected chi connectivity index (χ4v) is 3.71. The van der Waals surface area contributed by atoms with E-state index in [2.05, 4.69) is 10.3 Å². The van der Waals surface area contributed by atoms with Crippen molar-refractivity contribution < 1.29 is 23.8 Å². The van der Waals surface area contributed by atoms with Gasteiger partial charge < -0.3 is 19.5 Å². The van der Waals surface area contributed by atoms with E-state index in [4.69, 9.17) is 14.2 Å². The fourth-order valence-electron chi connectivity index (χ4n) is 3.71. The van der Waals surface area contributed by atoms with E-state index in [0.717, 1.165) is 5.56 Å². The van der Waals surface area contributed by atoms with Crippen molar-refractivity contribution in [3.05, 3.63) is 83.8 Å². The number of methoxy groups -OCH3 is 2. The van der Waals surface area contributed by atoms with Gasteiger partial charge in [-0.2, -0.15) is 0 Å². The number of benzene rings is 2. The summed E-state index contributed by atoms with van der Waals surface area (Å²) < 4.78 is 16.2. The molecule has 2 heterocycles. The molecule has 3 aromatic rings. The molecule has 1 aliphatic rings. The summed E-state index contributed by atoms with van der Waals surface area (Å²) in [7, 11) is 3.06. The van der Waals surface area contributed by atoms with Crippen molar-refractivity contribution >= 4 is 23.1 Å². The van der Waals surface area contributed by atoms with Crippen LogP contribution in [-0.2, 0) is 16.1 Å². The Kier molecular flexibility index (Phi) is 6.77. The minimum Gasteiger partial charge on any atom is -0.494 e. The first-order chi connectivity index (χ1) is 16.5. The molecule has 0 aliphatic carbocycles. The Balaban J connectivity index is 1.74. The van der Waals surface area contributed by atoms with Crippen LogP contribution >= 0.6 is 0 Å². The van der Waals surface area contributed by atoms with Crippen molar-refractivity contribution in [3.8, 4) is 17.2 Å². The molecule has 0 spiro atoms. The molecule has 0 bridgehead atoms. The molecule has 34 heavy (non-hydrogen) atoms. The topological polar surface area (TPSA) is 90.0 Å². The molecule has 0 atom stereocenters. The number of carbonyl (C=O) groups excluding carboxylic acids is 2. The second kappa shape index (κ2) is 10.1. The highest BCUT2D eigenvalue weighted by atomic mass is 16.5. The number of imide groups is 1. The molecule has 0 saturated heterocycles. The standard InChI is InChI=1S/C26H25N3O5/c1-4-34-20-10-8-19(9-11-20)28-24-23(18-7-12-21(32-2)22(14-18)33-3)25(30)29(26(24)31)16-17-6-5-13-27-15-17/h5-15,28H,4,16H2,1-3H3. The molecule has 8 nitrogen and oxygen atoms in total. The third kappa shape index (κ3) is 4.56. The number of amides is 2. The molecule has 174 valence electrons. The van der Waals surface area contributed by atoms with Crippen molar-refractivity contribution in [1.82, 2.24) is 9.88 Å². The molecular formula is C26H25N3O5. The molecular weight excluding hydrogens is 434 g/mol. The van der Waals surface area contributed by atoms with Crippen LogP contribution in [0, 0.1) is 0 Å². The first-order valence-electron chi connectivity index (χ1n) is 10.8. The minimum absolute atomic E-state index is 0.108. The van der Waals surface area contributed by atoms with Crippen molar-refractivity contribution in [2.24, 2.45) is 0 Å². The van der Waals surface area contributed by atoms with Crippen molar-refractivity contribution in [3.63, 3.8) is 0 Å². The number of hydrogen-bond acceptors (Lipinski definition) is 7. The first-order valence-corrected chi connectivity index (χ1v) is 10.8. The number of hydrogen-bond donors (Lipinski definition) is 1. The van der Waals surface area contributed by atoms with E-state index in [9.17, 15) is 9.59 Å². The molecule has 0 saturated carbocycles. The second-order valence-corrected chi connectivity index (χ2v) is 7.46. The van der Waals surface area contributed by atoms with Gasteiger partial charge in [-0.3, -0.25) is 19.5 Å². The van der Waals surface area contributed by atoms with E-state index >= 15 is 0 Å². The van der Waals surface area contributed by atoms with E-state index in [1.807, 2.05) is 13.0 Å². The Morgan fingerprint density at radius 3 is 2.35 bits per heavy atom. The van der Waals surface area contributed by atoms with E-state index in [-0.39, 0.29) is 17.8 Å². The number of rotatable bonds is 9. The van der Waals surface area contributed by atoms with Crippen molar-refractivity contribution in [2.45, 2.75) is 13.5 Å². The number of pyridine rings is 1. The predicted molar refractivity (Wildman–Crippen MR) is 127 cm³/mol. The third-order valence-corrected chi connectivity index (χ3v) is 5.34. The summed E-state index contributed by atoms with van der Waals surface area (Å²) in [5.41, 5.74) is 2.38. The summed E-state index contributed by atoms with van der Waals surface area (Å²) in [6.07, 6.45) is 3.28. The van der Waals surface area contributed by atoms with Crippen LogP contribution in [0.3, 0.4) is 0 Å². The van der Waals surface area contributed by atoms with Gasteiger partial charge in [0.25, 0.3) is 11.8 Å². The van der Waals surface area contributed by atoms with Gasteiger partial charge in [-0.05, 0) is 60.5 Å². The zero-order valence-electron chi connectivity index (χ0n) is 19.2. The van der Waals surface area contributed by atoms with Gasteiger partial charge in [0.2, 0.25) is 0 Å². The van der Waals surface area contributed by atoms with Gasteiger partial charge in [-0.15, -0.1) is 0 Å². The number of ether oxygens (including phenoxy) is 3. The Bertz CT molecular complexity index is 1220. The van der Waals surface area contributed by atoms with Crippen LogP contribution in [0.15, 0.2) is 72.7 Å². The van der Waals surface area contributed by atoms with Gasteiger partial charge in [0, 0.05) is 18.1 Å². The maximum absolute atomic E-state index is 13.5. The molecule has 1 aromatic heterocycles. The summed E-state index contributed by atoms with van der Waals surface area (Å²) in [6, 6.07) is 15.9. The van der Waals surface area contributed by atoms with Crippen LogP contribution in [0.2, 0.25) is 0 Å². The lowest BCUT2D eigenvalue weighted by Gasteiger charge is -2.15.